The zero-order chi connectivity index (χ0) is 13.0. The predicted molar refractivity (Wildman–Crippen MR) is 72.4 cm³/mol. The summed E-state index contributed by atoms with van der Waals surface area (Å²) >= 11 is 0. The molecule has 2 aromatic rings. The number of hydrogen-bond acceptors (Lipinski definition) is 2. The van der Waals surface area contributed by atoms with E-state index >= 15 is 0 Å². The van der Waals surface area contributed by atoms with Gasteiger partial charge in [-0.2, -0.15) is 5.10 Å². The molecule has 2 rings (SSSR count). The summed E-state index contributed by atoms with van der Waals surface area (Å²) in [6, 6.07) is 8.04. The first-order chi connectivity index (χ1) is 8.69. The van der Waals surface area contributed by atoms with Crippen LogP contribution in [0.2, 0.25) is 0 Å². The van der Waals surface area contributed by atoms with E-state index in [0.717, 1.165) is 12.1 Å². The van der Waals surface area contributed by atoms with Crippen molar-refractivity contribution in [1.82, 2.24) is 9.78 Å². The first-order valence-electron chi connectivity index (χ1n) is 6.00. The average molecular weight is 240 g/mol. The van der Waals surface area contributed by atoms with Gasteiger partial charge in [-0.25, -0.2) is 0 Å². The second-order valence-corrected chi connectivity index (χ2v) is 4.19. The third kappa shape index (κ3) is 2.94. The minimum atomic E-state index is -0.0183. The molecule has 1 heterocycles. The molecule has 18 heavy (non-hydrogen) atoms. The Balaban J connectivity index is 2.09. The quantitative estimate of drug-likeness (QED) is 0.608. The van der Waals surface area contributed by atoms with Crippen molar-refractivity contribution in [1.29, 1.82) is 0 Å². The lowest BCUT2D eigenvalue weighted by Crippen LogP contribution is -1.94. The smallest absolute Gasteiger partial charge is 0.189 e. The van der Waals surface area contributed by atoms with E-state index in [1.54, 1.807) is 23.2 Å². The van der Waals surface area contributed by atoms with Crippen LogP contribution in [0.1, 0.15) is 28.4 Å². The van der Waals surface area contributed by atoms with Crippen LogP contribution in [-0.4, -0.2) is 15.6 Å². The van der Waals surface area contributed by atoms with Crippen LogP contribution in [-0.2, 0) is 6.54 Å². The number of carbonyl (C=O) groups is 1. The molecule has 0 amide bonds. The van der Waals surface area contributed by atoms with Crippen LogP contribution in [0.3, 0.4) is 0 Å². The molecule has 92 valence electrons. The maximum absolute atomic E-state index is 11.9. The number of carbonyl (C=O) groups excluding carboxylic acids is 1. The van der Waals surface area contributed by atoms with Gasteiger partial charge >= 0.3 is 0 Å². The number of benzene rings is 1. The van der Waals surface area contributed by atoms with Crippen molar-refractivity contribution in [2.75, 3.05) is 0 Å². The summed E-state index contributed by atoms with van der Waals surface area (Å²) in [5, 5.41) is 4.08. The molecule has 0 aliphatic carbocycles. The molecule has 3 heteroatoms. The molecular formula is C15H16N2O. The van der Waals surface area contributed by atoms with Gasteiger partial charge in [-0.1, -0.05) is 35.9 Å². The highest BCUT2D eigenvalue weighted by Crippen LogP contribution is 2.07. The van der Waals surface area contributed by atoms with Crippen molar-refractivity contribution in [2.45, 2.75) is 20.4 Å². The Bertz CT molecular complexity index is 564. The van der Waals surface area contributed by atoms with Gasteiger partial charge in [0.2, 0.25) is 0 Å². The molecule has 0 unspecified atom stereocenters. The van der Waals surface area contributed by atoms with E-state index in [1.807, 2.05) is 44.2 Å². The summed E-state index contributed by atoms with van der Waals surface area (Å²) in [5.74, 6) is -0.0183. The Morgan fingerprint density at radius 2 is 2.06 bits per heavy atom. The molecule has 0 aliphatic heterocycles. The highest BCUT2D eigenvalue weighted by atomic mass is 16.1. The van der Waals surface area contributed by atoms with Gasteiger partial charge in [0.25, 0.3) is 0 Å². The van der Waals surface area contributed by atoms with E-state index in [1.165, 1.54) is 5.56 Å². The van der Waals surface area contributed by atoms with E-state index < -0.39 is 0 Å². The van der Waals surface area contributed by atoms with Crippen LogP contribution in [0, 0.1) is 6.92 Å². The molecule has 0 fully saturated rings. The highest BCUT2D eigenvalue weighted by molar-refractivity contribution is 6.06. The number of nitrogens with zero attached hydrogens (tertiary/aromatic N) is 2. The first-order valence-corrected chi connectivity index (χ1v) is 6.00. The molecule has 1 aromatic carbocycles. The minimum Gasteiger partial charge on any atom is -0.289 e. The Labute approximate surface area is 107 Å². The molecular weight excluding hydrogens is 224 g/mol. The van der Waals surface area contributed by atoms with Crippen LogP contribution in [0.5, 0.6) is 0 Å². The molecule has 0 N–H and O–H groups in total. The van der Waals surface area contributed by atoms with Crippen LogP contribution in [0.25, 0.3) is 6.08 Å². The van der Waals surface area contributed by atoms with Crippen molar-refractivity contribution >= 4 is 11.9 Å². The van der Waals surface area contributed by atoms with Crippen molar-refractivity contribution in [3.63, 3.8) is 0 Å². The summed E-state index contributed by atoms with van der Waals surface area (Å²) in [5.41, 5.74) is 2.86. The van der Waals surface area contributed by atoms with Crippen molar-refractivity contribution in [2.24, 2.45) is 0 Å². The van der Waals surface area contributed by atoms with Gasteiger partial charge in [-0.15, -0.1) is 0 Å². The highest BCUT2D eigenvalue weighted by Gasteiger charge is 2.04. The average Bonchev–Trinajstić information content (AvgIpc) is 2.86. The number of ketones is 1. The standard InChI is InChI=1S/C15H16N2O/c1-3-17-11-14(10-16-17)15(18)9-8-13-6-4-12(2)5-7-13/h4-11H,3H2,1-2H3/b9-8+. The fraction of sp³-hybridized carbons (Fsp3) is 0.200. The number of aryl methyl sites for hydroxylation is 2. The van der Waals surface area contributed by atoms with Gasteiger partial charge in [0, 0.05) is 12.7 Å². The largest absolute Gasteiger partial charge is 0.289 e. The maximum atomic E-state index is 11.9. The first kappa shape index (κ1) is 12.3. The number of hydrogen-bond donors (Lipinski definition) is 0. The SMILES string of the molecule is CCn1cc(C(=O)/C=C/c2ccc(C)cc2)cn1. The van der Waals surface area contributed by atoms with Crippen molar-refractivity contribution in [3.05, 3.63) is 59.4 Å². The summed E-state index contributed by atoms with van der Waals surface area (Å²) in [6.45, 7) is 4.80. The second kappa shape index (κ2) is 5.45. The van der Waals surface area contributed by atoms with Crippen LogP contribution >= 0.6 is 0 Å². The molecule has 0 aliphatic rings. The van der Waals surface area contributed by atoms with Crippen LogP contribution in [0.4, 0.5) is 0 Å². The monoisotopic (exact) mass is 240 g/mol. The summed E-state index contributed by atoms with van der Waals surface area (Å²) in [4.78, 5) is 11.9. The van der Waals surface area contributed by atoms with Crippen LogP contribution < -0.4 is 0 Å². The molecule has 1 aromatic heterocycles. The third-order valence-electron chi connectivity index (χ3n) is 2.75. The molecule has 0 saturated heterocycles. The second-order valence-electron chi connectivity index (χ2n) is 4.19. The number of rotatable bonds is 4. The van der Waals surface area contributed by atoms with Gasteiger partial charge in [-0.05, 0) is 25.5 Å². The zero-order valence-corrected chi connectivity index (χ0v) is 10.6. The molecule has 3 nitrogen and oxygen atoms in total. The lowest BCUT2D eigenvalue weighted by molar-refractivity contribution is 0.104. The van der Waals surface area contributed by atoms with Gasteiger partial charge in [0.15, 0.2) is 5.78 Å². The van der Waals surface area contributed by atoms with Crippen molar-refractivity contribution < 1.29 is 4.79 Å². The Hall–Kier alpha value is -2.16. The third-order valence-corrected chi connectivity index (χ3v) is 2.75. The van der Waals surface area contributed by atoms with E-state index in [2.05, 4.69) is 5.10 Å². The zero-order valence-electron chi connectivity index (χ0n) is 10.6. The summed E-state index contributed by atoms with van der Waals surface area (Å²) < 4.78 is 1.74. The minimum absolute atomic E-state index is 0.0183. The fourth-order valence-electron chi connectivity index (χ4n) is 1.61. The topological polar surface area (TPSA) is 34.9 Å². The Morgan fingerprint density at radius 1 is 1.33 bits per heavy atom. The molecule has 0 bridgehead atoms. The number of aromatic nitrogens is 2. The van der Waals surface area contributed by atoms with Gasteiger partial charge < -0.3 is 0 Å². The molecule has 0 saturated carbocycles. The van der Waals surface area contributed by atoms with Crippen LogP contribution in [0.15, 0.2) is 42.7 Å². The summed E-state index contributed by atoms with van der Waals surface area (Å²) in [6.07, 6.45) is 6.78. The molecule has 0 radical (unpaired) electrons. The Kier molecular flexibility index (Phi) is 3.72. The Morgan fingerprint density at radius 3 is 2.67 bits per heavy atom. The number of allylic oxidation sites excluding steroid dienone is 1. The van der Waals surface area contributed by atoms with Gasteiger partial charge in [-0.3, -0.25) is 9.48 Å². The normalized spacial score (nSPS) is 11.0. The van der Waals surface area contributed by atoms with E-state index in [4.69, 9.17) is 0 Å². The van der Waals surface area contributed by atoms with Gasteiger partial charge in [0.1, 0.15) is 0 Å². The molecule has 0 atom stereocenters. The van der Waals surface area contributed by atoms with Crippen molar-refractivity contribution in [3.8, 4) is 0 Å². The lowest BCUT2D eigenvalue weighted by Gasteiger charge is -1.94. The predicted octanol–water partition coefficient (Wildman–Crippen LogP) is 3.11. The van der Waals surface area contributed by atoms with Gasteiger partial charge in [0.05, 0.1) is 11.8 Å². The van der Waals surface area contributed by atoms with E-state index in [9.17, 15) is 4.79 Å². The van der Waals surface area contributed by atoms with E-state index in [-0.39, 0.29) is 5.78 Å². The lowest BCUT2D eigenvalue weighted by atomic mass is 10.1. The molecule has 0 spiro atoms. The summed E-state index contributed by atoms with van der Waals surface area (Å²) in [7, 11) is 0. The fourth-order valence-corrected chi connectivity index (χ4v) is 1.61. The maximum Gasteiger partial charge on any atom is 0.189 e. The van der Waals surface area contributed by atoms with E-state index in [0.29, 0.717) is 5.56 Å².